The summed E-state index contributed by atoms with van der Waals surface area (Å²) >= 11 is 5.89. The second-order valence-electron chi connectivity index (χ2n) is 3.12. The highest BCUT2D eigenvalue weighted by Crippen LogP contribution is 2.27. The molecule has 0 atom stereocenters. The fourth-order valence-corrected chi connectivity index (χ4v) is 1.43. The van der Waals surface area contributed by atoms with Gasteiger partial charge >= 0.3 is 0 Å². The number of nitrogens with one attached hydrogen (secondary N) is 1. The van der Waals surface area contributed by atoms with Crippen LogP contribution in [-0.2, 0) is 4.74 Å². The van der Waals surface area contributed by atoms with Crippen molar-refractivity contribution < 1.29 is 9.47 Å². The van der Waals surface area contributed by atoms with Gasteiger partial charge in [0.15, 0.2) is 0 Å². The van der Waals surface area contributed by atoms with Crippen LogP contribution in [0.15, 0.2) is 18.2 Å². The molecule has 0 fully saturated rings. The molecule has 0 radical (unpaired) electrons. The Morgan fingerprint density at radius 1 is 1.33 bits per heavy atom. The molecule has 0 saturated carbocycles. The van der Waals surface area contributed by atoms with Crippen LogP contribution in [0.5, 0.6) is 5.75 Å². The number of rotatable bonds is 6. The van der Waals surface area contributed by atoms with Crippen molar-refractivity contribution in [1.29, 1.82) is 0 Å². The first kappa shape index (κ1) is 12.1. The first-order valence-electron chi connectivity index (χ1n) is 4.84. The third-order valence-electron chi connectivity index (χ3n) is 2.00. The lowest BCUT2D eigenvalue weighted by Gasteiger charge is -2.11. The summed E-state index contributed by atoms with van der Waals surface area (Å²) in [7, 11) is 3.34. The molecule has 0 spiro atoms. The van der Waals surface area contributed by atoms with E-state index in [-0.39, 0.29) is 0 Å². The van der Waals surface area contributed by atoms with Crippen molar-refractivity contribution in [2.45, 2.75) is 6.42 Å². The Hall–Kier alpha value is -0.930. The standard InChI is InChI=1S/C11H16ClNO2/c1-14-7-3-6-13-10-8-9(12)4-5-11(10)15-2/h4-5,8,13H,3,6-7H2,1-2H3. The van der Waals surface area contributed by atoms with Gasteiger partial charge in [0, 0.05) is 25.3 Å². The number of hydrogen-bond acceptors (Lipinski definition) is 3. The van der Waals surface area contributed by atoms with Gasteiger partial charge in [-0.1, -0.05) is 11.6 Å². The quantitative estimate of drug-likeness (QED) is 0.761. The van der Waals surface area contributed by atoms with E-state index in [0.717, 1.165) is 31.0 Å². The Morgan fingerprint density at radius 3 is 2.80 bits per heavy atom. The lowest BCUT2D eigenvalue weighted by Crippen LogP contribution is -2.05. The van der Waals surface area contributed by atoms with E-state index in [1.165, 1.54) is 0 Å². The van der Waals surface area contributed by atoms with Crippen LogP contribution in [0, 0.1) is 0 Å². The molecule has 3 nitrogen and oxygen atoms in total. The minimum atomic E-state index is 0.699. The van der Waals surface area contributed by atoms with Crippen molar-refractivity contribution in [2.75, 3.05) is 32.7 Å². The van der Waals surface area contributed by atoms with Crippen LogP contribution >= 0.6 is 11.6 Å². The zero-order chi connectivity index (χ0) is 11.1. The average Bonchev–Trinajstić information content (AvgIpc) is 2.25. The molecule has 0 aliphatic rings. The minimum absolute atomic E-state index is 0.699. The topological polar surface area (TPSA) is 30.5 Å². The summed E-state index contributed by atoms with van der Waals surface area (Å²) in [6.45, 7) is 1.58. The molecule has 1 N–H and O–H groups in total. The molecule has 4 heteroatoms. The van der Waals surface area contributed by atoms with Crippen molar-refractivity contribution in [3.8, 4) is 5.75 Å². The summed E-state index contributed by atoms with van der Waals surface area (Å²) in [5, 5.41) is 3.95. The lowest BCUT2D eigenvalue weighted by atomic mass is 10.3. The van der Waals surface area contributed by atoms with Crippen LogP contribution in [0.4, 0.5) is 5.69 Å². The fourth-order valence-electron chi connectivity index (χ4n) is 1.26. The number of anilines is 1. The van der Waals surface area contributed by atoms with Crippen LogP contribution < -0.4 is 10.1 Å². The maximum absolute atomic E-state index is 5.89. The zero-order valence-corrected chi connectivity index (χ0v) is 9.80. The van der Waals surface area contributed by atoms with E-state index in [9.17, 15) is 0 Å². The Morgan fingerprint density at radius 2 is 2.13 bits per heavy atom. The molecule has 1 aromatic carbocycles. The highest BCUT2D eigenvalue weighted by Gasteiger charge is 2.02. The first-order valence-corrected chi connectivity index (χ1v) is 5.22. The van der Waals surface area contributed by atoms with Crippen molar-refractivity contribution in [2.24, 2.45) is 0 Å². The molecular weight excluding hydrogens is 214 g/mol. The Bertz CT molecular complexity index is 305. The predicted molar refractivity (Wildman–Crippen MR) is 63.0 cm³/mol. The zero-order valence-electron chi connectivity index (χ0n) is 9.05. The fraction of sp³-hybridized carbons (Fsp3) is 0.455. The smallest absolute Gasteiger partial charge is 0.142 e. The Kier molecular flexibility index (Phi) is 5.29. The molecule has 0 amide bonds. The lowest BCUT2D eigenvalue weighted by molar-refractivity contribution is 0.197. The van der Waals surface area contributed by atoms with E-state index in [2.05, 4.69) is 5.32 Å². The van der Waals surface area contributed by atoms with Gasteiger partial charge in [-0.2, -0.15) is 0 Å². The molecule has 0 unspecified atom stereocenters. The molecule has 0 aromatic heterocycles. The van der Waals surface area contributed by atoms with Gasteiger partial charge in [-0.05, 0) is 24.6 Å². The van der Waals surface area contributed by atoms with Gasteiger partial charge in [-0.3, -0.25) is 0 Å². The monoisotopic (exact) mass is 229 g/mol. The van der Waals surface area contributed by atoms with Crippen LogP contribution in [-0.4, -0.2) is 27.4 Å². The van der Waals surface area contributed by atoms with Crippen LogP contribution in [0.25, 0.3) is 0 Å². The average molecular weight is 230 g/mol. The largest absolute Gasteiger partial charge is 0.495 e. The van der Waals surface area contributed by atoms with Gasteiger partial charge in [0.05, 0.1) is 12.8 Å². The van der Waals surface area contributed by atoms with E-state index < -0.39 is 0 Å². The van der Waals surface area contributed by atoms with E-state index in [0.29, 0.717) is 5.02 Å². The number of hydrogen-bond donors (Lipinski definition) is 1. The van der Waals surface area contributed by atoms with Crippen molar-refractivity contribution in [3.63, 3.8) is 0 Å². The third kappa shape index (κ3) is 3.98. The maximum Gasteiger partial charge on any atom is 0.142 e. The number of methoxy groups -OCH3 is 2. The van der Waals surface area contributed by atoms with Crippen molar-refractivity contribution in [1.82, 2.24) is 0 Å². The SMILES string of the molecule is COCCCNc1cc(Cl)ccc1OC. The molecule has 1 rings (SSSR count). The first-order chi connectivity index (χ1) is 7.27. The second kappa shape index (κ2) is 6.53. The molecule has 1 aromatic rings. The summed E-state index contributed by atoms with van der Waals surface area (Å²) < 4.78 is 10.2. The van der Waals surface area contributed by atoms with Crippen molar-refractivity contribution in [3.05, 3.63) is 23.2 Å². The predicted octanol–water partition coefficient (Wildman–Crippen LogP) is 2.80. The molecular formula is C11H16ClNO2. The van der Waals surface area contributed by atoms with E-state index in [1.807, 2.05) is 12.1 Å². The summed E-state index contributed by atoms with van der Waals surface area (Å²) in [6.07, 6.45) is 0.951. The highest BCUT2D eigenvalue weighted by molar-refractivity contribution is 6.30. The summed E-state index contributed by atoms with van der Waals surface area (Å²) in [5.41, 5.74) is 0.918. The third-order valence-corrected chi connectivity index (χ3v) is 2.24. The normalized spacial score (nSPS) is 10.1. The summed E-state index contributed by atoms with van der Waals surface area (Å²) in [6, 6.07) is 5.51. The summed E-state index contributed by atoms with van der Waals surface area (Å²) in [4.78, 5) is 0. The van der Waals surface area contributed by atoms with Crippen LogP contribution in [0.1, 0.15) is 6.42 Å². The van der Waals surface area contributed by atoms with Crippen molar-refractivity contribution >= 4 is 17.3 Å². The Labute approximate surface area is 95.3 Å². The van der Waals surface area contributed by atoms with Gasteiger partial charge in [-0.15, -0.1) is 0 Å². The van der Waals surface area contributed by atoms with E-state index in [1.54, 1.807) is 20.3 Å². The molecule has 0 bridgehead atoms. The van der Waals surface area contributed by atoms with Gasteiger partial charge in [0.25, 0.3) is 0 Å². The maximum atomic E-state index is 5.89. The van der Waals surface area contributed by atoms with E-state index >= 15 is 0 Å². The van der Waals surface area contributed by atoms with Gasteiger partial charge < -0.3 is 14.8 Å². The molecule has 15 heavy (non-hydrogen) atoms. The molecule has 0 aliphatic carbocycles. The Balaban J connectivity index is 2.54. The van der Waals surface area contributed by atoms with E-state index in [4.69, 9.17) is 21.1 Å². The number of halogens is 1. The number of ether oxygens (including phenoxy) is 2. The van der Waals surface area contributed by atoms with Gasteiger partial charge in [0.2, 0.25) is 0 Å². The molecule has 0 saturated heterocycles. The second-order valence-corrected chi connectivity index (χ2v) is 3.55. The molecule has 84 valence electrons. The number of benzene rings is 1. The summed E-state index contributed by atoms with van der Waals surface area (Å²) in [5.74, 6) is 0.803. The van der Waals surface area contributed by atoms with Gasteiger partial charge in [-0.25, -0.2) is 0 Å². The molecule has 0 aliphatic heterocycles. The van der Waals surface area contributed by atoms with Crippen LogP contribution in [0.3, 0.4) is 0 Å². The minimum Gasteiger partial charge on any atom is -0.495 e. The van der Waals surface area contributed by atoms with Crippen LogP contribution in [0.2, 0.25) is 5.02 Å². The highest BCUT2D eigenvalue weighted by atomic mass is 35.5. The van der Waals surface area contributed by atoms with Gasteiger partial charge in [0.1, 0.15) is 5.75 Å². The molecule has 0 heterocycles.